The Morgan fingerprint density at radius 1 is 1.03 bits per heavy atom. The number of carbonyl (C=O) groups is 1. The smallest absolute Gasteiger partial charge is 0.311 e. The molecule has 0 atom stereocenters. The summed E-state index contributed by atoms with van der Waals surface area (Å²) in [7, 11) is 0. The highest BCUT2D eigenvalue weighted by Gasteiger charge is 2.25. The van der Waals surface area contributed by atoms with Crippen LogP contribution in [0.15, 0.2) is 60.7 Å². The number of rotatable bonds is 6. The lowest BCUT2D eigenvalue weighted by Crippen LogP contribution is -2.48. The first-order valence-corrected chi connectivity index (χ1v) is 10.5. The van der Waals surface area contributed by atoms with Crippen molar-refractivity contribution in [2.45, 2.75) is 13.5 Å². The number of nitro benzene ring substituents is 1. The number of benzene rings is 3. The Morgan fingerprint density at radius 3 is 2.52 bits per heavy atom. The van der Waals surface area contributed by atoms with E-state index in [1.54, 1.807) is 17.9 Å². The van der Waals surface area contributed by atoms with Gasteiger partial charge in [0.1, 0.15) is 0 Å². The second kappa shape index (κ2) is 9.14. The van der Waals surface area contributed by atoms with E-state index in [2.05, 4.69) is 41.3 Å². The standard InChI is InChI=1S/C24H25N3O4/c1-2-31-23-11-10-19(16-22(23)27(29)30)24(28)26-14-12-25(13-15-26)17-20-8-5-7-18-6-3-4-9-21(18)20/h3-11,16H,2,12-15,17H2,1H3. The SMILES string of the molecule is CCOc1ccc(C(=O)N2CCN(Cc3cccc4ccccc34)CC2)cc1[N+](=O)[O-]. The highest BCUT2D eigenvalue weighted by Crippen LogP contribution is 2.29. The molecule has 0 unspecified atom stereocenters. The van der Waals surface area contributed by atoms with Crippen LogP contribution in [0.4, 0.5) is 5.69 Å². The van der Waals surface area contributed by atoms with Gasteiger partial charge in [0, 0.05) is 44.4 Å². The van der Waals surface area contributed by atoms with E-state index >= 15 is 0 Å². The molecule has 160 valence electrons. The summed E-state index contributed by atoms with van der Waals surface area (Å²) in [6, 6.07) is 19.1. The van der Waals surface area contributed by atoms with Crippen molar-refractivity contribution in [1.29, 1.82) is 0 Å². The molecule has 31 heavy (non-hydrogen) atoms. The van der Waals surface area contributed by atoms with Gasteiger partial charge < -0.3 is 9.64 Å². The molecule has 1 fully saturated rings. The zero-order valence-electron chi connectivity index (χ0n) is 17.5. The number of carbonyl (C=O) groups excluding carboxylic acids is 1. The van der Waals surface area contributed by atoms with Gasteiger partial charge in [-0.2, -0.15) is 0 Å². The van der Waals surface area contributed by atoms with E-state index in [1.165, 1.54) is 28.5 Å². The number of amides is 1. The lowest BCUT2D eigenvalue weighted by Gasteiger charge is -2.35. The van der Waals surface area contributed by atoms with Gasteiger partial charge in [0.15, 0.2) is 5.75 Å². The molecule has 3 aromatic carbocycles. The van der Waals surface area contributed by atoms with Gasteiger partial charge >= 0.3 is 5.69 Å². The predicted octanol–water partition coefficient (Wildman–Crippen LogP) is 4.10. The quantitative estimate of drug-likeness (QED) is 0.444. The molecule has 1 saturated heterocycles. The molecule has 1 amide bonds. The van der Waals surface area contributed by atoms with Crippen LogP contribution in [0.25, 0.3) is 10.8 Å². The van der Waals surface area contributed by atoms with Crippen molar-refractivity contribution < 1.29 is 14.5 Å². The van der Waals surface area contributed by atoms with E-state index < -0.39 is 4.92 Å². The van der Waals surface area contributed by atoms with Crippen LogP contribution in [0.3, 0.4) is 0 Å². The van der Waals surface area contributed by atoms with Crippen LogP contribution in [-0.4, -0.2) is 53.4 Å². The third-order valence-corrected chi connectivity index (χ3v) is 5.64. The fourth-order valence-corrected chi connectivity index (χ4v) is 4.03. The maximum Gasteiger partial charge on any atom is 0.311 e. The van der Waals surface area contributed by atoms with Gasteiger partial charge in [0.25, 0.3) is 5.91 Å². The Balaban J connectivity index is 1.42. The molecule has 4 rings (SSSR count). The molecular formula is C24H25N3O4. The normalized spacial score (nSPS) is 14.5. The number of nitrogens with zero attached hydrogens (tertiary/aromatic N) is 3. The Hall–Kier alpha value is -3.45. The largest absolute Gasteiger partial charge is 0.487 e. The second-order valence-corrected chi connectivity index (χ2v) is 7.58. The van der Waals surface area contributed by atoms with Crippen molar-refractivity contribution in [3.8, 4) is 5.75 Å². The van der Waals surface area contributed by atoms with Crippen LogP contribution in [0.5, 0.6) is 5.75 Å². The van der Waals surface area contributed by atoms with Crippen LogP contribution in [0, 0.1) is 10.1 Å². The molecule has 3 aromatic rings. The van der Waals surface area contributed by atoms with Crippen molar-refractivity contribution in [2.75, 3.05) is 32.8 Å². The number of hydrogen-bond acceptors (Lipinski definition) is 5. The van der Waals surface area contributed by atoms with E-state index in [-0.39, 0.29) is 17.3 Å². The minimum Gasteiger partial charge on any atom is -0.487 e. The fourth-order valence-electron chi connectivity index (χ4n) is 4.03. The molecule has 0 radical (unpaired) electrons. The van der Waals surface area contributed by atoms with Crippen LogP contribution in [0.1, 0.15) is 22.8 Å². The van der Waals surface area contributed by atoms with Gasteiger partial charge in [0.05, 0.1) is 11.5 Å². The summed E-state index contributed by atoms with van der Waals surface area (Å²) in [6.45, 7) is 5.61. The summed E-state index contributed by atoms with van der Waals surface area (Å²) in [5.41, 5.74) is 1.42. The molecule has 7 nitrogen and oxygen atoms in total. The lowest BCUT2D eigenvalue weighted by molar-refractivity contribution is -0.385. The summed E-state index contributed by atoms with van der Waals surface area (Å²) < 4.78 is 5.31. The fraction of sp³-hybridized carbons (Fsp3) is 0.292. The number of hydrogen-bond donors (Lipinski definition) is 0. The molecule has 0 N–H and O–H groups in total. The van der Waals surface area contributed by atoms with Crippen LogP contribution in [0.2, 0.25) is 0 Å². The molecular weight excluding hydrogens is 394 g/mol. The van der Waals surface area contributed by atoms with Crippen LogP contribution in [-0.2, 0) is 6.54 Å². The number of ether oxygens (including phenoxy) is 1. The summed E-state index contributed by atoms with van der Waals surface area (Å²) in [4.78, 5) is 27.9. The topological polar surface area (TPSA) is 75.9 Å². The van der Waals surface area contributed by atoms with Crippen molar-refractivity contribution in [1.82, 2.24) is 9.80 Å². The zero-order valence-corrected chi connectivity index (χ0v) is 17.5. The predicted molar refractivity (Wildman–Crippen MR) is 119 cm³/mol. The zero-order chi connectivity index (χ0) is 21.8. The van der Waals surface area contributed by atoms with E-state index in [1.807, 2.05) is 6.07 Å². The molecule has 1 aliphatic rings. The first kappa shape index (κ1) is 20.8. The van der Waals surface area contributed by atoms with Crippen LogP contribution >= 0.6 is 0 Å². The average Bonchev–Trinajstić information content (AvgIpc) is 2.80. The number of piperazine rings is 1. The van der Waals surface area contributed by atoms with Crippen molar-refractivity contribution in [3.05, 3.63) is 81.9 Å². The molecule has 0 aliphatic carbocycles. The second-order valence-electron chi connectivity index (χ2n) is 7.58. The molecule has 0 saturated carbocycles. The first-order chi connectivity index (χ1) is 15.1. The Bertz CT molecular complexity index is 1100. The highest BCUT2D eigenvalue weighted by molar-refractivity contribution is 5.95. The third-order valence-electron chi connectivity index (χ3n) is 5.64. The van der Waals surface area contributed by atoms with Gasteiger partial charge in [-0.3, -0.25) is 19.8 Å². The minimum atomic E-state index is -0.510. The maximum atomic E-state index is 12.9. The van der Waals surface area contributed by atoms with Crippen molar-refractivity contribution >= 4 is 22.4 Å². The molecule has 1 aliphatic heterocycles. The molecule has 7 heteroatoms. The van der Waals surface area contributed by atoms with Gasteiger partial charge in [-0.05, 0) is 35.4 Å². The Morgan fingerprint density at radius 2 is 1.77 bits per heavy atom. The molecule has 0 aromatic heterocycles. The molecule has 0 spiro atoms. The lowest BCUT2D eigenvalue weighted by atomic mass is 10.0. The summed E-state index contributed by atoms with van der Waals surface area (Å²) in [5, 5.41) is 13.8. The number of fused-ring (bicyclic) bond motifs is 1. The van der Waals surface area contributed by atoms with Gasteiger partial charge in [-0.25, -0.2) is 0 Å². The Labute approximate surface area is 181 Å². The van der Waals surface area contributed by atoms with Crippen LogP contribution < -0.4 is 4.74 Å². The summed E-state index contributed by atoms with van der Waals surface area (Å²) in [6.07, 6.45) is 0. The third kappa shape index (κ3) is 4.51. The van der Waals surface area contributed by atoms with Gasteiger partial charge in [-0.15, -0.1) is 0 Å². The maximum absolute atomic E-state index is 12.9. The molecule has 1 heterocycles. The van der Waals surface area contributed by atoms with Gasteiger partial charge in [0.2, 0.25) is 0 Å². The summed E-state index contributed by atoms with van der Waals surface area (Å²) >= 11 is 0. The van der Waals surface area contributed by atoms with Gasteiger partial charge in [-0.1, -0.05) is 42.5 Å². The van der Waals surface area contributed by atoms with Crippen molar-refractivity contribution in [2.24, 2.45) is 0 Å². The van der Waals surface area contributed by atoms with E-state index in [9.17, 15) is 14.9 Å². The van der Waals surface area contributed by atoms with Crippen molar-refractivity contribution in [3.63, 3.8) is 0 Å². The van der Waals surface area contributed by atoms with E-state index in [0.717, 1.165) is 19.6 Å². The highest BCUT2D eigenvalue weighted by atomic mass is 16.6. The molecule has 0 bridgehead atoms. The summed E-state index contributed by atoms with van der Waals surface area (Å²) in [5.74, 6) is -0.0000775. The minimum absolute atomic E-state index is 0.178. The van der Waals surface area contributed by atoms with E-state index in [0.29, 0.717) is 25.3 Å². The average molecular weight is 419 g/mol. The Kier molecular flexibility index (Phi) is 6.13. The monoisotopic (exact) mass is 419 g/mol. The number of nitro groups is 1. The first-order valence-electron chi connectivity index (χ1n) is 10.5. The van der Waals surface area contributed by atoms with E-state index in [4.69, 9.17) is 4.74 Å².